The highest BCUT2D eigenvalue weighted by Gasteiger charge is 2.32. The topological polar surface area (TPSA) is 84.2 Å². The zero-order valence-corrected chi connectivity index (χ0v) is 14.4. The van der Waals surface area contributed by atoms with Gasteiger partial charge in [0.15, 0.2) is 0 Å². The van der Waals surface area contributed by atoms with E-state index in [-0.39, 0.29) is 11.9 Å². The number of rotatable bonds is 4. The van der Waals surface area contributed by atoms with Crippen molar-refractivity contribution >= 4 is 5.91 Å². The van der Waals surface area contributed by atoms with Gasteiger partial charge in [-0.15, -0.1) is 0 Å². The van der Waals surface area contributed by atoms with Gasteiger partial charge in [-0.05, 0) is 29.7 Å². The molecule has 132 valence electrons. The molecule has 2 aromatic heterocycles. The minimum Gasteiger partial charge on any atom is -0.358 e. The quantitative estimate of drug-likeness (QED) is 0.773. The van der Waals surface area contributed by atoms with E-state index in [1.807, 2.05) is 30.3 Å². The number of amides is 1. The SMILES string of the molecule is CNC(=O)C1Cc2ccccc2CN1Cc1nc(-c2ccccn2)no1. The second-order valence-corrected chi connectivity index (χ2v) is 6.23. The Kier molecular flexibility index (Phi) is 4.45. The number of benzene rings is 1. The predicted molar refractivity (Wildman–Crippen MR) is 94.8 cm³/mol. The molecule has 1 N–H and O–H groups in total. The number of aromatic nitrogens is 3. The number of hydrogen-bond donors (Lipinski definition) is 1. The summed E-state index contributed by atoms with van der Waals surface area (Å²) in [6.45, 7) is 1.07. The van der Waals surface area contributed by atoms with Crippen molar-refractivity contribution in [2.75, 3.05) is 7.05 Å². The lowest BCUT2D eigenvalue weighted by Crippen LogP contribution is -2.49. The zero-order valence-electron chi connectivity index (χ0n) is 14.4. The first-order chi connectivity index (χ1) is 12.7. The van der Waals surface area contributed by atoms with Crippen LogP contribution in [-0.4, -0.2) is 39.0 Å². The predicted octanol–water partition coefficient (Wildman–Crippen LogP) is 1.80. The average Bonchev–Trinajstić information content (AvgIpc) is 3.16. The first kappa shape index (κ1) is 16.4. The van der Waals surface area contributed by atoms with Gasteiger partial charge in [0, 0.05) is 19.8 Å². The highest BCUT2D eigenvalue weighted by atomic mass is 16.5. The normalized spacial score (nSPS) is 16.9. The van der Waals surface area contributed by atoms with Crippen LogP contribution in [0.4, 0.5) is 0 Å². The van der Waals surface area contributed by atoms with Crippen molar-refractivity contribution in [3.8, 4) is 11.5 Å². The number of nitrogens with one attached hydrogen (secondary N) is 1. The van der Waals surface area contributed by atoms with Crippen LogP contribution in [-0.2, 0) is 24.3 Å². The first-order valence-electron chi connectivity index (χ1n) is 8.51. The summed E-state index contributed by atoms with van der Waals surface area (Å²) >= 11 is 0. The van der Waals surface area contributed by atoms with Crippen LogP contribution in [0.2, 0.25) is 0 Å². The van der Waals surface area contributed by atoms with Crippen LogP contribution in [0, 0.1) is 0 Å². The summed E-state index contributed by atoms with van der Waals surface area (Å²) in [6.07, 6.45) is 2.35. The molecule has 1 aliphatic rings. The second kappa shape index (κ2) is 7.05. The van der Waals surface area contributed by atoms with Crippen LogP contribution in [0.25, 0.3) is 11.5 Å². The van der Waals surface area contributed by atoms with E-state index >= 15 is 0 Å². The largest absolute Gasteiger partial charge is 0.358 e. The lowest BCUT2D eigenvalue weighted by atomic mass is 9.93. The maximum absolute atomic E-state index is 12.4. The molecule has 0 saturated heterocycles. The summed E-state index contributed by atoms with van der Waals surface area (Å²) in [7, 11) is 1.66. The molecule has 1 aliphatic heterocycles. The van der Waals surface area contributed by atoms with Gasteiger partial charge in [0.2, 0.25) is 17.6 Å². The number of fused-ring (bicyclic) bond motifs is 1. The molecule has 26 heavy (non-hydrogen) atoms. The van der Waals surface area contributed by atoms with Gasteiger partial charge in [-0.2, -0.15) is 4.98 Å². The number of likely N-dealkylation sites (N-methyl/N-ethyl adjacent to an activating group) is 1. The summed E-state index contributed by atoms with van der Waals surface area (Å²) in [4.78, 5) is 23.1. The molecule has 1 amide bonds. The number of pyridine rings is 1. The van der Waals surface area contributed by atoms with Gasteiger partial charge in [0.1, 0.15) is 5.69 Å². The molecule has 3 aromatic rings. The smallest absolute Gasteiger partial charge is 0.241 e. The Labute approximate surface area is 151 Å². The fraction of sp³-hybridized carbons (Fsp3) is 0.263. The molecule has 0 radical (unpaired) electrons. The van der Waals surface area contributed by atoms with Gasteiger partial charge in [-0.3, -0.25) is 14.7 Å². The van der Waals surface area contributed by atoms with E-state index in [4.69, 9.17) is 4.52 Å². The third-order valence-electron chi connectivity index (χ3n) is 4.60. The van der Waals surface area contributed by atoms with Crippen LogP contribution in [0.5, 0.6) is 0 Å². The van der Waals surface area contributed by atoms with Gasteiger partial charge in [-0.1, -0.05) is 35.5 Å². The van der Waals surface area contributed by atoms with Crippen molar-refractivity contribution < 1.29 is 9.32 Å². The Bertz CT molecular complexity index is 909. The molecule has 0 spiro atoms. The fourth-order valence-electron chi connectivity index (χ4n) is 3.26. The Morgan fingerprint density at radius 1 is 1.23 bits per heavy atom. The maximum atomic E-state index is 12.4. The van der Waals surface area contributed by atoms with Crippen LogP contribution in [0.1, 0.15) is 17.0 Å². The van der Waals surface area contributed by atoms with Crippen molar-refractivity contribution in [2.45, 2.75) is 25.6 Å². The van der Waals surface area contributed by atoms with Gasteiger partial charge < -0.3 is 9.84 Å². The van der Waals surface area contributed by atoms with Crippen molar-refractivity contribution in [1.29, 1.82) is 0 Å². The Hall–Kier alpha value is -3.06. The molecule has 0 aliphatic carbocycles. The summed E-state index contributed by atoms with van der Waals surface area (Å²) in [6, 6.07) is 13.5. The third kappa shape index (κ3) is 3.21. The van der Waals surface area contributed by atoms with E-state index in [0.29, 0.717) is 36.9 Å². The molecule has 0 saturated carbocycles. The molecule has 7 heteroatoms. The van der Waals surface area contributed by atoms with E-state index in [1.54, 1.807) is 13.2 Å². The highest BCUT2D eigenvalue weighted by Crippen LogP contribution is 2.25. The molecular formula is C19H19N5O2. The highest BCUT2D eigenvalue weighted by molar-refractivity contribution is 5.82. The second-order valence-electron chi connectivity index (χ2n) is 6.23. The molecule has 0 fully saturated rings. The lowest BCUT2D eigenvalue weighted by molar-refractivity contribution is -0.126. The van der Waals surface area contributed by atoms with Gasteiger partial charge >= 0.3 is 0 Å². The van der Waals surface area contributed by atoms with Crippen molar-refractivity contribution in [3.63, 3.8) is 0 Å². The van der Waals surface area contributed by atoms with E-state index in [1.165, 1.54) is 11.1 Å². The average molecular weight is 349 g/mol. The molecule has 0 bridgehead atoms. The minimum absolute atomic E-state index is 0.0102. The summed E-state index contributed by atoms with van der Waals surface area (Å²) in [5, 5.41) is 6.77. The van der Waals surface area contributed by atoms with Gasteiger partial charge in [0.05, 0.1) is 12.6 Å². The Morgan fingerprint density at radius 2 is 2.04 bits per heavy atom. The number of carbonyl (C=O) groups is 1. The number of nitrogens with zero attached hydrogens (tertiary/aromatic N) is 4. The summed E-state index contributed by atoms with van der Waals surface area (Å²) < 4.78 is 5.40. The number of hydrogen-bond acceptors (Lipinski definition) is 6. The van der Waals surface area contributed by atoms with Crippen LogP contribution in [0.3, 0.4) is 0 Å². The standard InChI is InChI=1S/C19H19N5O2/c1-20-19(25)16-10-13-6-2-3-7-14(13)11-24(16)12-17-22-18(23-26-17)15-8-4-5-9-21-15/h2-9,16H,10-12H2,1H3,(H,20,25). The van der Waals surface area contributed by atoms with Crippen molar-refractivity contribution in [1.82, 2.24) is 25.3 Å². The van der Waals surface area contributed by atoms with E-state index in [9.17, 15) is 4.79 Å². The molecule has 7 nitrogen and oxygen atoms in total. The Morgan fingerprint density at radius 3 is 2.81 bits per heavy atom. The van der Waals surface area contributed by atoms with Crippen molar-refractivity contribution in [2.24, 2.45) is 0 Å². The van der Waals surface area contributed by atoms with Crippen LogP contribution in [0.15, 0.2) is 53.2 Å². The van der Waals surface area contributed by atoms with Gasteiger partial charge in [0.25, 0.3) is 0 Å². The van der Waals surface area contributed by atoms with Crippen molar-refractivity contribution in [3.05, 3.63) is 65.7 Å². The molecule has 1 unspecified atom stereocenters. The monoisotopic (exact) mass is 349 g/mol. The molecule has 4 rings (SSSR count). The molecular weight excluding hydrogens is 330 g/mol. The maximum Gasteiger partial charge on any atom is 0.241 e. The Balaban J connectivity index is 1.58. The molecule has 1 aromatic carbocycles. The lowest BCUT2D eigenvalue weighted by Gasteiger charge is -2.34. The van der Waals surface area contributed by atoms with Crippen LogP contribution < -0.4 is 5.32 Å². The fourth-order valence-corrected chi connectivity index (χ4v) is 3.26. The molecule has 1 atom stereocenters. The van der Waals surface area contributed by atoms with Gasteiger partial charge in [-0.25, -0.2) is 0 Å². The third-order valence-corrected chi connectivity index (χ3v) is 4.60. The zero-order chi connectivity index (χ0) is 17.9. The summed E-state index contributed by atoms with van der Waals surface area (Å²) in [5.41, 5.74) is 3.09. The van der Waals surface area contributed by atoms with E-state index < -0.39 is 0 Å². The molecule has 3 heterocycles. The minimum atomic E-state index is -0.264. The number of carbonyl (C=O) groups excluding carboxylic acids is 1. The van der Waals surface area contributed by atoms with Crippen LogP contribution >= 0.6 is 0 Å². The van der Waals surface area contributed by atoms with E-state index in [0.717, 1.165) is 0 Å². The first-order valence-corrected chi connectivity index (χ1v) is 8.51. The van der Waals surface area contributed by atoms with E-state index in [2.05, 4.69) is 37.5 Å². The summed E-state index contributed by atoms with van der Waals surface area (Å²) in [5.74, 6) is 0.914.